The Morgan fingerprint density at radius 1 is 1.12 bits per heavy atom. The highest BCUT2D eigenvalue weighted by Crippen LogP contribution is 2.37. The quantitative estimate of drug-likeness (QED) is 0.425. The Labute approximate surface area is 244 Å². The molecular weight excluding hydrogens is 577 g/mol. The molecule has 0 radical (unpaired) electrons. The van der Waals surface area contributed by atoms with E-state index in [1.165, 1.54) is 46.9 Å². The molecule has 0 atom stereocenters. The number of rotatable bonds is 7. The van der Waals surface area contributed by atoms with Gasteiger partial charge >= 0.3 is 6.18 Å². The molecule has 224 valence electrons. The Kier molecular flexibility index (Phi) is 8.28. The highest BCUT2D eigenvalue weighted by atomic mass is 35.5. The van der Waals surface area contributed by atoms with E-state index in [4.69, 9.17) is 17.3 Å². The van der Waals surface area contributed by atoms with Gasteiger partial charge in [0, 0.05) is 51.7 Å². The zero-order valence-electron chi connectivity index (χ0n) is 22.8. The van der Waals surface area contributed by atoms with Gasteiger partial charge in [0.2, 0.25) is 5.91 Å². The molecule has 1 aliphatic heterocycles. The molecule has 0 unspecified atom stereocenters. The van der Waals surface area contributed by atoms with Crippen molar-refractivity contribution < 1.29 is 27.6 Å². The van der Waals surface area contributed by atoms with Crippen LogP contribution in [0.2, 0.25) is 5.02 Å². The second kappa shape index (κ2) is 11.8. The molecule has 15 heteroatoms. The fourth-order valence-electron chi connectivity index (χ4n) is 5.13. The molecule has 5 rings (SSSR count). The maximum atomic E-state index is 13.8. The molecule has 3 amide bonds. The maximum absolute atomic E-state index is 13.8. The van der Waals surface area contributed by atoms with Crippen LogP contribution in [0.3, 0.4) is 0 Å². The summed E-state index contributed by atoms with van der Waals surface area (Å²) in [7, 11) is 1.45. The van der Waals surface area contributed by atoms with E-state index in [1.807, 2.05) is 0 Å². The minimum atomic E-state index is -4.68. The molecule has 0 bridgehead atoms. The van der Waals surface area contributed by atoms with Crippen LogP contribution in [0.25, 0.3) is 11.3 Å². The Morgan fingerprint density at radius 2 is 1.81 bits per heavy atom. The van der Waals surface area contributed by atoms with Gasteiger partial charge in [0.05, 0.1) is 34.6 Å². The number of anilines is 1. The lowest BCUT2D eigenvalue weighted by Crippen LogP contribution is -2.51. The summed E-state index contributed by atoms with van der Waals surface area (Å²) in [4.78, 5) is 45.1. The third-order valence-corrected chi connectivity index (χ3v) is 8.03. The number of piperazine rings is 1. The lowest BCUT2D eigenvalue weighted by atomic mass is 9.85. The molecule has 3 heterocycles. The van der Waals surface area contributed by atoms with E-state index in [-0.39, 0.29) is 51.7 Å². The van der Waals surface area contributed by atoms with E-state index in [2.05, 4.69) is 15.4 Å². The second-order valence-electron chi connectivity index (χ2n) is 10.5. The Bertz CT molecular complexity index is 1510. The number of alkyl halides is 3. The third kappa shape index (κ3) is 6.00. The minimum Gasteiger partial charge on any atom is -0.338 e. The van der Waals surface area contributed by atoms with Crippen LogP contribution < -0.4 is 11.1 Å². The Morgan fingerprint density at radius 3 is 2.40 bits per heavy atom. The molecule has 0 spiro atoms. The largest absolute Gasteiger partial charge is 0.435 e. The van der Waals surface area contributed by atoms with Gasteiger partial charge in [0.15, 0.2) is 11.5 Å². The molecule has 2 aromatic heterocycles. The van der Waals surface area contributed by atoms with Crippen LogP contribution in [0.1, 0.15) is 45.9 Å². The highest BCUT2D eigenvalue weighted by molar-refractivity contribution is 6.34. The number of nitrogens with two attached hydrogens (primary N) is 1. The van der Waals surface area contributed by atoms with Gasteiger partial charge in [-0.2, -0.15) is 18.3 Å². The Balaban J connectivity index is 1.29. The number of halogens is 4. The molecule has 1 aliphatic carbocycles. The summed E-state index contributed by atoms with van der Waals surface area (Å²) in [6.07, 6.45) is 0.861. The fourth-order valence-corrected chi connectivity index (χ4v) is 5.40. The number of amides is 3. The first-order chi connectivity index (χ1) is 20.0. The van der Waals surface area contributed by atoms with Crippen molar-refractivity contribution in [2.75, 3.05) is 38.0 Å². The normalized spacial score (nSPS) is 16.0. The Hall–Kier alpha value is -3.91. The van der Waals surface area contributed by atoms with Crippen molar-refractivity contribution in [3.05, 3.63) is 52.7 Å². The molecule has 42 heavy (non-hydrogen) atoms. The number of hydrogen-bond donors (Lipinski definition) is 2. The monoisotopic (exact) mass is 606 g/mol. The van der Waals surface area contributed by atoms with Crippen molar-refractivity contribution in [3.8, 4) is 11.3 Å². The first kappa shape index (κ1) is 29.6. The van der Waals surface area contributed by atoms with E-state index >= 15 is 0 Å². The fraction of sp³-hybridized carbons (Fsp3) is 0.444. The van der Waals surface area contributed by atoms with Crippen LogP contribution in [0.4, 0.5) is 18.9 Å². The number of nitrogens with one attached hydrogen (secondary N) is 1. The maximum Gasteiger partial charge on any atom is 0.435 e. The minimum absolute atomic E-state index is 0.0910. The van der Waals surface area contributed by atoms with Crippen LogP contribution in [0, 0.1) is 5.92 Å². The molecule has 3 aromatic rings. The summed E-state index contributed by atoms with van der Waals surface area (Å²) >= 11 is 6.39. The number of nitrogens with zero attached hydrogens (tertiary/aromatic N) is 6. The molecule has 1 saturated heterocycles. The number of hydrogen-bond acceptors (Lipinski definition) is 6. The third-order valence-electron chi connectivity index (χ3n) is 7.72. The van der Waals surface area contributed by atoms with Gasteiger partial charge in [-0.3, -0.25) is 19.1 Å². The van der Waals surface area contributed by atoms with Crippen LogP contribution in [-0.2, 0) is 24.6 Å². The van der Waals surface area contributed by atoms with E-state index < -0.39 is 17.8 Å². The summed E-state index contributed by atoms with van der Waals surface area (Å²) in [5.41, 5.74) is 4.81. The smallest absolute Gasteiger partial charge is 0.338 e. The number of carbonyl (C=O) groups is 3. The first-order valence-corrected chi connectivity index (χ1v) is 13.9. The zero-order valence-corrected chi connectivity index (χ0v) is 23.6. The van der Waals surface area contributed by atoms with Gasteiger partial charge in [-0.1, -0.05) is 18.0 Å². The number of carbonyl (C=O) groups excluding carboxylic acids is 3. The molecule has 3 N–H and O–H groups in total. The predicted molar refractivity (Wildman–Crippen MR) is 148 cm³/mol. The molecule has 2 aliphatic rings. The molecular formula is C27H30ClF3N8O3. The van der Waals surface area contributed by atoms with Gasteiger partial charge in [0.1, 0.15) is 0 Å². The van der Waals surface area contributed by atoms with Crippen LogP contribution in [0.15, 0.2) is 30.6 Å². The van der Waals surface area contributed by atoms with Gasteiger partial charge < -0.3 is 25.4 Å². The molecule has 11 nitrogen and oxygen atoms in total. The second-order valence-corrected chi connectivity index (χ2v) is 10.9. The van der Waals surface area contributed by atoms with Crippen LogP contribution in [-0.4, -0.2) is 79.6 Å². The summed E-state index contributed by atoms with van der Waals surface area (Å²) in [5, 5.41) is 6.55. The highest BCUT2D eigenvalue weighted by Gasteiger charge is 2.39. The van der Waals surface area contributed by atoms with E-state index in [0.717, 1.165) is 19.3 Å². The molecule has 1 saturated carbocycles. The average Bonchev–Trinajstić information content (AvgIpc) is 3.53. The lowest BCUT2D eigenvalue weighted by molar-refractivity contribution is -0.141. The van der Waals surface area contributed by atoms with Crippen molar-refractivity contribution in [1.29, 1.82) is 0 Å². The van der Waals surface area contributed by atoms with E-state index in [9.17, 15) is 27.6 Å². The van der Waals surface area contributed by atoms with Crippen LogP contribution in [0.5, 0.6) is 0 Å². The van der Waals surface area contributed by atoms with Crippen molar-refractivity contribution >= 4 is 35.0 Å². The standard InChI is InChI=1S/C27H30ClF3N8O3/c1-36-21(19-15-39(14-16-3-2-4-16)35-23(19)27(29,30)31)13-33-24(36)25(41)34-17-5-6-18(20(28)11-17)26(42)38-9-7-37(8-10-38)22(40)12-32/h5-6,11,13,15-16H,2-4,7-10,12,14,32H2,1H3,(H,34,41). The number of imidazole rings is 1. The lowest BCUT2D eigenvalue weighted by Gasteiger charge is -2.34. The summed E-state index contributed by atoms with van der Waals surface area (Å²) < 4.78 is 44.1. The van der Waals surface area contributed by atoms with Crippen molar-refractivity contribution in [1.82, 2.24) is 29.1 Å². The van der Waals surface area contributed by atoms with E-state index in [1.54, 1.807) is 9.80 Å². The topological polar surface area (TPSA) is 131 Å². The van der Waals surface area contributed by atoms with Crippen molar-refractivity contribution in [3.63, 3.8) is 0 Å². The number of aromatic nitrogens is 4. The molecule has 2 fully saturated rings. The summed E-state index contributed by atoms with van der Waals surface area (Å²) in [6.45, 7) is 1.70. The number of benzene rings is 1. The predicted octanol–water partition coefficient (Wildman–Crippen LogP) is 3.25. The summed E-state index contributed by atoms with van der Waals surface area (Å²) in [5.74, 6) is -0.983. The SMILES string of the molecule is Cn1c(-c2cn(CC3CCC3)nc2C(F)(F)F)cnc1C(=O)Nc1ccc(C(=O)N2CCN(C(=O)CN)CC2)c(Cl)c1. The van der Waals surface area contributed by atoms with Gasteiger partial charge in [-0.15, -0.1) is 0 Å². The first-order valence-electron chi connectivity index (χ1n) is 13.5. The van der Waals surface area contributed by atoms with Gasteiger partial charge in [0.25, 0.3) is 11.8 Å². The van der Waals surface area contributed by atoms with Crippen molar-refractivity contribution in [2.45, 2.75) is 32.0 Å². The van der Waals surface area contributed by atoms with Crippen molar-refractivity contribution in [2.24, 2.45) is 18.7 Å². The summed E-state index contributed by atoms with van der Waals surface area (Å²) in [6, 6.07) is 4.39. The van der Waals surface area contributed by atoms with Crippen LogP contribution >= 0.6 is 11.6 Å². The zero-order chi connectivity index (χ0) is 30.2. The molecule has 1 aromatic carbocycles. The van der Waals surface area contributed by atoms with Gasteiger partial charge in [-0.25, -0.2) is 4.98 Å². The van der Waals surface area contributed by atoms with E-state index in [0.29, 0.717) is 38.6 Å². The van der Waals surface area contributed by atoms with Gasteiger partial charge in [-0.05, 0) is 37.0 Å². The average molecular weight is 607 g/mol.